The molecule has 0 bridgehead atoms. The van der Waals surface area contributed by atoms with Crippen LogP contribution in [0.1, 0.15) is 21.6 Å². The average Bonchev–Trinajstić information content (AvgIpc) is 3.09. The molecule has 0 saturated heterocycles. The second-order valence-corrected chi connectivity index (χ2v) is 6.63. The highest BCUT2D eigenvalue weighted by molar-refractivity contribution is 7.09. The summed E-state index contributed by atoms with van der Waals surface area (Å²) >= 11 is 1.78. The first-order valence-electron chi connectivity index (χ1n) is 7.80. The number of hydrogen-bond acceptors (Lipinski definition) is 3. The number of hydrogen-bond donors (Lipinski definition) is 1. The Morgan fingerprint density at radius 2 is 1.61 bits per heavy atom. The monoisotopic (exact) mass is 323 g/mol. The topological polar surface area (TPSA) is 21.3 Å². The van der Waals surface area contributed by atoms with E-state index >= 15 is 0 Å². The van der Waals surface area contributed by atoms with Gasteiger partial charge in [0.25, 0.3) is 0 Å². The van der Waals surface area contributed by atoms with Gasteiger partial charge in [-0.25, -0.2) is 0 Å². The Kier molecular flexibility index (Phi) is 5.46. The highest BCUT2D eigenvalue weighted by atomic mass is 32.1. The van der Waals surface area contributed by atoms with Crippen LogP contribution in [0.5, 0.6) is 5.75 Å². The van der Waals surface area contributed by atoms with E-state index < -0.39 is 0 Å². The molecule has 2 nitrogen and oxygen atoms in total. The molecule has 2 aromatic carbocycles. The lowest BCUT2D eigenvalue weighted by atomic mass is 10.2. The summed E-state index contributed by atoms with van der Waals surface area (Å²) in [6.45, 7) is 4.49. The maximum atomic E-state index is 5.83. The van der Waals surface area contributed by atoms with E-state index in [0.717, 1.165) is 18.8 Å². The van der Waals surface area contributed by atoms with E-state index in [0.29, 0.717) is 6.61 Å². The molecule has 0 amide bonds. The van der Waals surface area contributed by atoms with Gasteiger partial charge in [0.2, 0.25) is 0 Å². The smallest absolute Gasteiger partial charge is 0.119 e. The predicted octanol–water partition coefficient (Wildman–Crippen LogP) is 4.93. The Bertz CT molecular complexity index is 702. The zero-order chi connectivity index (χ0) is 15.9. The van der Waals surface area contributed by atoms with Gasteiger partial charge in [-0.15, -0.1) is 11.3 Å². The molecule has 1 heterocycles. The average molecular weight is 323 g/mol. The van der Waals surface area contributed by atoms with E-state index in [1.807, 2.05) is 12.1 Å². The van der Waals surface area contributed by atoms with Gasteiger partial charge in [0.05, 0.1) is 0 Å². The molecule has 3 heteroatoms. The minimum absolute atomic E-state index is 0.607. The molecule has 1 aromatic heterocycles. The first-order chi connectivity index (χ1) is 11.3. The molecule has 23 heavy (non-hydrogen) atoms. The zero-order valence-electron chi connectivity index (χ0n) is 13.3. The fourth-order valence-corrected chi connectivity index (χ4v) is 2.97. The van der Waals surface area contributed by atoms with Crippen molar-refractivity contribution in [3.05, 3.63) is 87.6 Å². The molecule has 118 valence electrons. The summed E-state index contributed by atoms with van der Waals surface area (Å²) in [5, 5.41) is 5.56. The standard InChI is InChI=1S/C20H21NOS/c1-16-4-6-18(7-5-16)15-22-19-10-8-17(9-11-19)13-21-14-20-3-2-12-23-20/h2-12,21H,13-15H2,1H3. The Balaban J connectivity index is 1.45. The Hall–Kier alpha value is -2.10. The van der Waals surface area contributed by atoms with Gasteiger partial charge in [-0.05, 0) is 41.6 Å². The quantitative estimate of drug-likeness (QED) is 0.666. The number of benzene rings is 2. The molecule has 3 aromatic rings. The van der Waals surface area contributed by atoms with E-state index in [2.05, 4.69) is 66.2 Å². The van der Waals surface area contributed by atoms with E-state index in [9.17, 15) is 0 Å². The van der Waals surface area contributed by atoms with Gasteiger partial charge < -0.3 is 10.1 Å². The summed E-state index contributed by atoms with van der Waals surface area (Å²) in [6, 6.07) is 21.0. The number of ether oxygens (including phenoxy) is 1. The van der Waals surface area contributed by atoms with Crippen LogP contribution in [0.4, 0.5) is 0 Å². The molecule has 0 aliphatic rings. The first-order valence-corrected chi connectivity index (χ1v) is 8.68. The summed E-state index contributed by atoms with van der Waals surface area (Å²) in [5.41, 5.74) is 3.73. The van der Waals surface area contributed by atoms with Crippen molar-refractivity contribution in [3.8, 4) is 5.75 Å². The molecule has 0 unspecified atom stereocenters. The van der Waals surface area contributed by atoms with Gasteiger partial charge >= 0.3 is 0 Å². The van der Waals surface area contributed by atoms with Crippen molar-refractivity contribution in [2.45, 2.75) is 26.6 Å². The third-order valence-corrected chi connectivity index (χ3v) is 4.53. The van der Waals surface area contributed by atoms with Gasteiger partial charge in [-0.3, -0.25) is 0 Å². The van der Waals surface area contributed by atoms with Crippen LogP contribution < -0.4 is 10.1 Å². The maximum Gasteiger partial charge on any atom is 0.119 e. The van der Waals surface area contributed by atoms with Crippen molar-refractivity contribution < 1.29 is 4.74 Å². The summed E-state index contributed by atoms with van der Waals surface area (Å²) < 4.78 is 5.83. The number of aryl methyl sites for hydroxylation is 1. The highest BCUT2D eigenvalue weighted by Crippen LogP contribution is 2.15. The molecule has 0 saturated carbocycles. The summed E-state index contributed by atoms with van der Waals surface area (Å²) in [6.07, 6.45) is 0. The molecule has 1 N–H and O–H groups in total. The van der Waals surface area contributed by atoms with Gasteiger partial charge in [0.15, 0.2) is 0 Å². The largest absolute Gasteiger partial charge is 0.489 e. The van der Waals surface area contributed by atoms with E-state index in [-0.39, 0.29) is 0 Å². The summed E-state index contributed by atoms with van der Waals surface area (Å²) in [5.74, 6) is 0.910. The molecule has 0 atom stereocenters. The molecule has 3 rings (SSSR count). The lowest BCUT2D eigenvalue weighted by Gasteiger charge is -2.08. The van der Waals surface area contributed by atoms with Crippen LogP contribution in [0.25, 0.3) is 0 Å². The zero-order valence-corrected chi connectivity index (χ0v) is 14.1. The summed E-state index contributed by atoms with van der Waals surface area (Å²) in [7, 11) is 0. The van der Waals surface area contributed by atoms with Crippen molar-refractivity contribution in [1.82, 2.24) is 5.32 Å². The van der Waals surface area contributed by atoms with Crippen LogP contribution in [-0.4, -0.2) is 0 Å². The number of thiophene rings is 1. The third kappa shape index (κ3) is 4.95. The van der Waals surface area contributed by atoms with Crippen LogP contribution in [-0.2, 0) is 19.7 Å². The fraction of sp³-hybridized carbons (Fsp3) is 0.200. The maximum absolute atomic E-state index is 5.83. The minimum atomic E-state index is 0.607. The first kappa shape index (κ1) is 15.8. The highest BCUT2D eigenvalue weighted by Gasteiger charge is 1.98. The van der Waals surface area contributed by atoms with Crippen LogP contribution in [0, 0.1) is 6.92 Å². The van der Waals surface area contributed by atoms with E-state index in [1.165, 1.54) is 21.6 Å². The van der Waals surface area contributed by atoms with Crippen molar-refractivity contribution in [3.63, 3.8) is 0 Å². The lowest BCUT2D eigenvalue weighted by Crippen LogP contribution is -2.11. The summed E-state index contributed by atoms with van der Waals surface area (Å²) in [4.78, 5) is 1.36. The molecule has 0 spiro atoms. The van der Waals surface area contributed by atoms with Crippen LogP contribution in [0.3, 0.4) is 0 Å². The fourth-order valence-electron chi connectivity index (χ4n) is 2.30. The second-order valence-electron chi connectivity index (χ2n) is 5.60. The van der Waals surface area contributed by atoms with Crippen molar-refractivity contribution in [2.75, 3.05) is 0 Å². The Morgan fingerprint density at radius 1 is 0.870 bits per heavy atom. The van der Waals surface area contributed by atoms with Gasteiger partial charge in [0.1, 0.15) is 12.4 Å². The van der Waals surface area contributed by atoms with Crippen molar-refractivity contribution in [1.29, 1.82) is 0 Å². The minimum Gasteiger partial charge on any atom is -0.489 e. The normalized spacial score (nSPS) is 10.7. The lowest BCUT2D eigenvalue weighted by molar-refractivity contribution is 0.306. The van der Waals surface area contributed by atoms with Crippen molar-refractivity contribution >= 4 is 11.3 Å². The SMILES string of the molecule is Cc1ccc(COc2ccc(CNCc3cccs3)cc2)cc1. The predicted molar refractivity (Wildman–Crippen MR) is 96.8 cm³/mol. The van der Waals surface area contributed by atoms with Crippen LogP contribution >= 0.6 is 11.3 Å². The van der Waals surface area contributed by atoms with E-state index in [1.54, 1.807) is 11.3 Å². The van der Waals surface area contributed by atoms with E-state index in [4.69, 9.17) is 4.74 Å². The van der Waals surface area contributed by atoms with Crippen LogP contribution in [0.15, 0.2) is 66.0 Å². The van der Waals surface area contributed by atoms with Gasteiger partial charge in [0, 0.05) is 18.0 Å². The molecule has 0 aliphatic heterocycles. The molecule has 0 fully saturated rings. The Labute approximate surface area is 141 Å². The third-order valence-electron chi connectivity index (χ3n) is 3.66. The molecule has 0 aliphatic carbocycles. The number of nitrogens with one attached hydrogen (secondary N) is 1. The Morgan fingerprint density at radius 3 is 2.30 bits per heavy atom. The molecule has 0 radical (unpaired) electrons. The second kappa shape index (κ2) is 7.95. The molecular formula is C20H21NOS. The number of rotatable bonds is 7. The molecular weight excluding hydrogens is 302 g/mol. The van der Waals surface area contributed by atoms with Crippen LogP contribution in [0.2, 0.25) is 0 Å². The van der Waals surface area contributed by atoms with Gasteiger partial charge in [-0.2, -0.15) is 0 Å². The van der Waals surface area contributed by atoms with Gasteiger partial charge in [-0.1, -0.05) is 48.0 Å². The van der Waals surface area contributed by atoms with Crippen molar-refractivity contribution in [2.24, 2.45) is 0 Å².